The summed E-state index contributed by atoms with van der Waals surface area (Å²) in [5.74, 6) is -0.798. The van der Waals surface area contributed by atoms with Crippen LogP contribution in [-0.2, 0) is 14.4 Å². The Bertz CT molecular complexity index is 570. The molecule has 0 aromatic carbocycles. The third-order valence-electron chi connectivity index (χ3n) is 3.09. The van der Waals surface area contributed by atoms with Gasteiger partial charge in [-0.3, -0.25) is 9.59 Å². The number of aliphatic carboxylic acids is 1. The van der Waals surface area contributed by atoms with Crippen molar-refractivity contribution in [3.8, 4) is 0 Å². The summed E-state index contributed by atoms with van der Waals surface area (Å²) < 4.78 is 4.81. The number of carboxylic acid groups (broad SMARTS) is 1. The van der Waals surface area contributed by atoms with E-state index in [0.717, 1.165) is 16.7 Å². The van der Waals surface area contributed by atoms with Crippen LogP contribution in [0.5, 0.6) is 0 Å². The van der Waals surface area contributed by atoms with Crippen LogP contribution in [0.3, 0.4) is 0 Å². The molecule has 0 bridgehead atoms. The summed E-state index contributed by atoms with van der Waals surface area (Å²) in [7, 11) is 1.43. The van der Waals surface area contributed by atoms with Gasteiger partial charge in [-0.2, -0.15) is 0 Å². The lowest BCUT2D eigenvalue weighted by atomic mass is 10.0. The quantitative estimate of drug-likeness (QED) is 0.766. The minimum atomic E-state index is -1.29. The molecule has 1 aromatic heterocycles. The van der Waals surface area contributed by atoms with Crippen molar-refractivity contribution in [2.24, 2.45) is 0 Å². The monoisotopic (exact) mass is 329 g/mol. The molecule has 1 rings (SSSR count). The second-order valence-electron chi connectivity index (χ2n) is 5.18. The minimum Gasteiger partial charge on any atom is -0.480 e. The van der Waals surface area contributed by atoms with Crippen molar-refractivity contribution in [1.29, 1.82) is 0 Å². The molecule has 0 atom stereocenters. The van der Waals surface area contributed by atoms with Gasteiger partial charge < -0.3 is 19.8 Å². The van der Waals surface area contributed by atoms with Crippen molar-refractivity contribution in [2.45, 2.75) is 26.3 Å². The molecule has 122 valence electrons. The van der Waals surface area contributed by atoms with E-state index in [2.05, 4.69) is 10.5 Å². The molecule has 0 saturated heterocycles. The van der Waals surface area contributed by atoms with Crippen LogP contribution in [0, 0.1) is 6.92 Å². The van der Waals surface area contributed by atoms with Crippen molar-refractivity contribution in [1.82, 2.24) is 10.1 Å². The number of carboxylic acids is 1. The highest BCUT2D eigenvalue weighted by Crippen LogP contribution is 2.15. The van der Waals surface area contributed by atoms with Crippen LogP contribution < -0.4 is 5.32 Å². The van der Waals surface area contributed by atoms with E-state index in [1.165, 1.54) is 20.9 Å². The molecular formula is C13H19N3O5S. The zero-order valence-corrected chi connectivity index (χ0v) is 13.7. The Morgan fingerprint density at radius 3 is 2.55 bits per heavy atom. The number of nitrogens with zero attached hydrogens (tertiary/aromatic N) is 2. The minimum absolute atomic E-state index is 0.0124. The van der Waals surface area contributed by atoms with Gasteiger partial charge in [0, 0.05) is 13.1 Å². The van der Waals surface area contributed by atoms with Crippen molar-refractivity contribution < 1.29 is 24.0 Å². The van der Waals surface area contributed by atoms with Crippen LogP contribution >= 0.6 is 11.8 Å². The molecule has 1 aromatic rings. The number of aromatic nitrogens is 1. The first kappa shape index (κ1) is 18.0. The van der Waals surface area contributed by atoms with Gasteiger partial charge >= 0.3 is 5.97 Å². The summed E-state index contributed by atoms with van der Waals surface area (Å²) in [6.07, 6.45) is 0. The van der Waals surface area contributed by atoms with E-state index in [1.807, 2.05) is 0 Å². The van der Waals surface area contributed by atoms with Crippen molar-refractivity contribution >= 4 is 35.4 Å². The Morgan fingerprint density at radius 1 is 1.41 bits per heavy atom. The molecule has 1 heterocycles. The lowest BCUT2D eigenvalue weighted by Gasteiger charge is -2.31. The number of anilines is 1. The van der Waals surface area contributed by atoms with E-state index < -0.39 is 11.5 Å². The van der Waals surface area contributed by atoms with Crippen LogP contribution in [0.15, 0.2) is 10.6 Å². The van der Waals surface area contributed by atoms with E-state index >= 15 is 0 Å². The van der Waals surface area contributed by atoms with Crippen LogP contribution in [0.1, 0.15) is 19.6 Å². The van der Waals surface area contributed by atoms with Crippen LogP contribution in [0.4, 0.5) is 5.82 Å². The van der Waals surface area contributed by atoms with E-state index in [-0.39, 0.29) is 23.3 Å². The summed E-state index contributed by atoms with van der Waals surface area (Å²) in [6, 6.07) is 1.58. The molecule has 0 radical (unpaired) electrons. The van der Waals surface area contributed by atoms with Crippen LogP contribution in [0.2, 0.25) is 0 Å². The van der Waals surface area contributed by atoms with Crippen LogP contribution in [-0.4, -0.2) is 57.0 Å². The number of thioether (sulfide) groups is 1. The molecule has 2 amide bonds. The Balaban J connectivity index is 2.38. The van der Waals surface area contributed by atoms with E-state index in [1.54, 1.807) is 13.0 Å². The number of aryl methyl sites for hydroxylation is 1. The Hall–Kier alpha value is -2.03. The third-order valence-corrected chi connectivity index (χ3v) is 4.01. The molecule has 0 saturated carbocycles. The number of hydrogen-bond acceptors (Lipinski definition) is 6. The standard InChI is InChI=1S/C13H19N3O5S/c1-8-5-9(15-21-8)14-10(17)6-22-7-11(18)16(4)13(2,3)12(19)20/h5H,6-7H2,1-4H3,(H,19,20)(H,14,15,17). The van der Waals surface area contributed by atoms with Gasteiger partial charge in [0.05, 0.1) is 11.5 Å². The molecule has 0 aliphatic carbocycles. The van der Waals surface area contributed by atoms with E-state index in [4.69, 9.17) is 9.63 Å². The lowest BCUT2D eigenvalue weighted by Crippen LogP contribution is -2.51. The predicted octanol–water partition coefficient (Wildman–Crippen LogP) is 0.976. The van der Waals surface area contributed by atoms with Gasteiger partial charge in [0.25, 0.3) is 0 Å². The average Bonchev–Trinajstić information content (AvgIpc) is 2.82. The van der Waals surface area contributed by atoms with Crippen LogP contribution in [0.25, 0.3) is 0 Å². The third kappa shape index (κ3) is 4.76. The van der Waals surface area contributed by atoms with Gasteiger partial charge in [-0.05, 0) is 20.8 Å². The number of carbonyl (C=O) groups is 3. The Kier molecular flexibility index (Phi) is 5.98. The first-order chi connectivity index (χ1) is 10.1. The fourth-order valence-corrected chi connectivity index (χ4v) is 2.12. The molecule has 0 aliphatic rings. The average molecular weight is 329 g/mol. The fourth-order valence-electron chi connectivity index (χ4n) is 1.39. The Labute approximate surface area is 132 Å². The molecule has 9 heteroatoms. The summed E-state index contributed by atoms with van der Waals surface area (Å²) >= 11 is 1.10. The molecule has 0 fully saturated rings. The van der Waals surface area contributed by atoms with Gasteiger partial charge in [0.15, 0.2) is 5.82 Å². The van der Waals surface area contributed by atoms with Crippen molar-refractivity contribution in [3.63, 3.8) is 0 Å². The number of hydrogen-bond donors (Lipinski definition) is 2. The SMILES string of the molecule is Cc1cc(NC(=O)CSCC(=O)N(C)C(C)(C)C(=O)O)no1. The number of carbonyl (C=O) groups excluding carboxylic acids is 2. The second-order valence-corrected chi connectivity index (χ2v) is 6.17. The molecule has 0 aliphatic heterocycles. The summed E-state index contributed by atoms with van der Waals surface area (Å²) in [5.41, 5.74) is -1.29. The normalized spacial score (nSPS) is 11.1. The first-order valence-corrected chi connectivity index (χ1v) is 7.61. The highest BCUT2D eigenvalue weighted by atomic mass is 32.2. The zero-order valence-electron chi connectivity index (χ0n) is 12.9. The predicted molar refractivity (Wildman–Crippen MR) is 81.7 cm³/mol. The lowest BCUT2D eigenvalue weighted by molar-refractivity contribution is -0.154. The summed E-state index contributed by atoms with van der Waals surface area (Å²) in [4.78, 5) is 35.8. The highest BCUT2D eigenvalue weighted by Gasteiger charge is 2.34. The van der Waals surface area contributed by atoms with Gasteiger partial charge in [-0.1, -0.05) is 5.16 Å². The van der Waals surface area contributed by atoms with Crippen molar-refractivity contribution in [3.05, 3.63) is 11.8 Å². The molecule has 8 nitrogen and oxygen atoms in total. The molecule has 0 spiro atoms. The number of amides is 2. The molecular weight excluding hydrogens is 310 g/mol. The maximum atomic E-state index is 11.9. The first-order valence-electron chi connectivity index (χ1n) is 6.45. The maximum Gasteiger partial charge on any atom is 0.329 e. The molecule has 0 unspecified atom stereocenters. The molecule has 2 N–H and O–H groups in total. The van der Waals surface area contributed by atoms with Gasteiger partial charge in [0.1, 0.15) is 11.3 Å². The van der Waals surface area contributed by atoms with E-state index in [9.17, 15) is 14.4 Å². The maximum absolute atomic E-state index is 11.9. The topological polar surface area (TPSA) is 113 Å². The summed E-state index contributed by atoms with van der Waals surface area (Å²) in [5, 5.41) is 15.2. The van der Waals surface area contributed by atoms with Gasteiger partial charge in [-0.25, -0.2) is 4.79 Å². The second kappa shape index (κ2) is 7.30. The highest BCUT2D eigenvalue weighted by molar-refractivity contribution is 8.00. The van der Waals surface area contributed by atoms with Crippen molar-refractivity contribution in [2.75, 3.05) is 23.9 Å². The smallest absolute Gasteiger partial charge is 0.329 e. The summed E-state index contributed by atoms with van der Waals surface area (Å²) in [6.45, 7) is 4.59. The van der Waals surface area contributed by atoms with Gasteiger partial charge in [-0.15, -0.1) is 11.8 Å². The van der Waals surface area contributed by atoms with Gasteiger partial charge in [0.2, 0.25) is 11.8 Å². The van der Waals surface area contributed by atoms with E-state index in [0.29, 0.717) is 11.6 Å². The fraction of sp³-hybridized carbons (Fsp3) is 0.538. The number of likely N-dealkylation sites (N-methyl/N-ethyl adjacent to an activating group) is 1. The molecule has 22 heavy (non-hydrogen) atoms. The zero-order chi connectivity index (χ0) is 16.9. The largest absolute Gasteiger partial charge is 0.480 e. The Morgan fingerprint density at radius 2 is 2.05 bits per heavy atom. The number of nitrogens with one attached hydrogen (secondary N) is 1. The number of rotatable bonds is 7.